The molecule has 0 fully saturated rings. The van der Waals surface area contributed by atoms with Crippen LogP contribution in [0.25, 0.3) is 0 Å². The van der Waals surface area contributed by atoms with E-state index in [2.05, 4.69) is 11.4 Å². The van der Waals surface area contributed by atoms with Crippen molar-refractivity contribution in [3.05, 3.63) is 35.4 Å². The molecule has 0 saturated heterocycles. The zero-order valence-corrected chi connectivity index (χ0v) is 8.06. The minimum Gasteiger partial charge on any atom is -0.355 e. The summed E-state index contributed by atoms with van der Waals surface area (Å²) in [6, 6.07) is 8.13. The van der Waals surface area contributed by atoms with Crippen LogP contribution in [0.4, 0.5) is 0 Å². The fraction of sp³-hybridized carbons (Fsp3) is 0.300. The van der Waals surface area contributed by atoms with Gasteiger partial charge in [0.1, 0.15) is 0 Å². The molecule has 1 amide bonds. The van der Waals surface area contributed by atoms with E-state index in [9.17, 15) is 4.79 Å². The lowest BCUT2D eigenvalue weighted by Gasteiger charge is -2.00. The molecular formula is C10H12ClNO. The average Bonchev–Trinajstić information content (AvgIpc) is 2.25. The van der Waals surface area contributed by atoms with Gasteiger partial charge in [-0.1, -0.05) is 24.3 Å². The van der Waals surface area contributed by atoms with Crippen LogP contribution in [0.1, 0.15) is 11.1 Å². The van der Waals surface area contributed by atoms with Gasteiger partial charge in [-0.15, -0.1) is 12.4 Å². The summed E-state index contributed by atoms with van der Waals surface area (Å²) in [6.45, 7) is 0.774. The van der Waals surface area contributed by atoms with E-state index in [4.69, 9.17) is 0 Å². The van der Waals surface area contributed by atoms with Crippen LogP contribution in [0, 0.1) is 0 Å². The molecule has 3 heteroatoms. The quantitative estimate of drug-likeness (QED) is 0.668. The molecule has 0 atom stereocenters. The van der Waals surface area contributed by atoms with Gasteiger partial charge in [-0.2, -0.15) is 0 Å². The number of fused-ring (bicyclic) bond motifs is 1. The third-order valence-electron chi connectivity index (χ3n) is 2.19. The van der Waals surface area contributed by atoms with Crippen molar-refractivity contribution < 1.29 is 4.79 Å². The van der Waals surface area contributed by atoms with Gasteiger partial charge in [0, 0.05) is 6.54 Å². The van der Waals surface area contributed by atoms with Crippen molar-refractivity contribution in [2.24, 2.45) is 0 Å². The fourth-order valence-electron chi connectivity index (χ4n) is 1.55. The van der Waals surface area contributed by atoms with E-state index in [0.717, 1.165) is 13.0 Å². The highest BCUT2D eigenvalue weighted by Crippen LogP contribution is 2.11. The van der Waals surface area contributed by atoms with Crippen molar-refractivity contribution in [1.82, 2.24) is 5.32 Å². The lowest BCUT2D eigenvalue weighted by atomic mass is 10.0. The first-order valence-electron chi connectivity index (χ1n) is 4.20. The first kappa shape index (κ1) is 10.1. The molecule has 2 rings (SSSR count). The Morgan fingerprint density at radius 2 is 1.85 bits per heavy atom. The average molecular weight is 198 g/mol. The topological polar surface area (TPSA) is 29.1 Å². The van der Waals surface area contributed by atoms with Gasteiger partial charge in [0.2, 0.25) is 5.91 Å². The first-order valence-corrected chi connectivity index (χ1v) is 4.20. The molecule has 70 valence electrons. The molecule has 1 heterocycles. The molecule has 0 bridgehead atoms. The van der Waals surface area contributed by atoms with Crippen LogP contribution in [0.3, 0.4) is 0 Å². The van der Waals surface area contributed by atoms with Gasteiger partial charge in [-0.3, -0.25) is 4.79 Å². The smallest absolute Gasteiger partial charge is 0.224 e. The molecule has 1 N–H and O–H groups in total. The maximum Gasteiger partial charge on any atom is 0.224 e. The molecule has 13 heavy (non-hydrogen) atoms. The predicted octanol–water partition coefficient (Wildman–Crippen LogP) is 1.32. The van der Waals surface area contributed by atoms with Crippen molar-refractivity contribution >= 4 is 18.3 Å². The Hall–Kier alpha value is -1.02. The van der Waals surface area contributed by atoms with Crippen LogP contribution in [0.5, 0.6) is 0 Å². The minimum atomic E-state index is 0. The van der Waals surface area contributed by atoms with Gasteiger partial charge >= 0.3 is 0 Å². The Kier molecular flexibility index (Phi) is 3.32. The van der Waals surface area contributed by atoms with Crippen molar-refractivity contribution in [2.45, 2.75) is 12.8 Å². The third-order valence-corrected chi connectivity index (χ3v) is 2.19. The lowest BCUT2D eigenvalue weighted by Crippen LogP contribution is -2.24. The molecule has 1 aromatic rings. The van der Waals surface area contributed by atoms with Crippen LogP contribution < -0.4 is 5.32 Å². The largest absolute Gasteiger partial charge is 0.355 e. The number of carbonyl (C=O) groups is 1. The second kappa shape index (κ2) is 4.28. The SMILES string of the molecule is Cl.O=C1Cc2ccccc2CCN1. The number of rotatable bonds is 0. The summed E-state index contributed by atoms with van der Waals surface area (Å²) in [5.74, 6) is 0.139. The molecule has 0 aliphatic carbocycles. The molecule has 0 unspecified atom stereocenters. The van der Waals surface area contributed by atoms with Crippen LogP contribution in [0.2, 0.25) is 0 Å². The van der Waals surface area contributed by atoms with Gasteiger partial charge in [0.15, 0.2) is 0 Å². The van der Waals surface area contributed by atoms with Crippen LogP contribution in [-0.2, 0) is 17.6 Å². The van der Waals surface area contributed by atoms with Gasteiger partial charge in [-0.25, -0.2) is 0 Å². The summed E-state index contributed by atoms with van der Waals surface area (Å²) in [5, 5.41) is 2.85. The maximum absolute atomic E-state index is 11.1. The van der Waals surface area contributed by atoms with E-state index in [1.165, 1.54) is 11.1 Å². The van der Waals surface area contributed by atoms with Crippen molar-refractivity contribution in [1.29, 1.82) is 0 Å². The van der Waals surface area contributed by atoms with Gasteiger partial charge in [0.05, 0.1) is 6.42 Å². The number of hydrogen-bond donors (Lipinski definition) is 1. The number of hydrogen-bond acceptors (Lipinski definition) is 1. The summed E-state index contributed by atoms with van der Waals surface area (Å²) in [4.78, 5) is 11.1. The van der Waals surface area contributed by atoms with Crippen molar-refractivity contribution in [3.63, 3.8) is 0 Å². The fourth-order valence-corrected chi connectivity index (χ4v) is 1.55. The summed E-state index contributed by atoms with van der Waals surface area (Å²) in [6.07, 6.45) is 1.50. The van der Waals surface area contributed by atoms with E-state index in [1.807, 2.05) is 18.2 Å². The number of carbonyl (C=O) groups excluding carboxylic acids is 1. The zero-order chi connectivity index (χ0) is 8.39. The molecule has 1 aliphatic heterocycles. The van der Waals surface area contributed by atoms with Crippen molar-refractivity contribution in [3.8, 4) is 0 Å². The maximum atomic E-state index is 11.1. The van der Waals surface area contributed by atoms with E-state index in [1.54, 1.807) is 0 Å². The van der Waals surface area contributed by atoms with Gasteiger partial charge in [-0.05, 0) is 17.5 Å². The summed E-state index contributed by atoms with van der Waals surface area (Å²) < 4.78 is 0. The molecule has 2 nitrogen and oxygen atoms in total. The molecule has 0 spiro atoms. The number of benzene rings is 1. The van der Waals surface area contributed by atoms with Crippen LogP contribution >= 0.6 is 12.4 Å². The molecule has 1 aliphatic rings. The van der Waals surface area contributed by atoms with E-state index in [-0.39, 0.29) is 18.3 Å². The minimum absolute atomic E-state index is 0. The number of amides is 1. The van der Waals surface area contributed by atoms with Crippen LogP contribution in [0.15, 0.2) is 24.3 Å². The Morgan fingerprint density at radius 3 is 2.62 bits per heavy atom. The monoisotopic (exact) mass is 197 g/mol. The van der Waals surface area contributed by atoms with Gasteiger partial charge < -0.3 is 5.32 Å². The van der Waals surface area contributed by atoms with Crippen molar-refractivity contribution in [2.75, 3.05) is 6.54 Å². The summed E-state index contributed by atoms with van der Waals surface area (Å²) in [5.41, 5.74) is 2.48. The Balaban J connectivity index is 0.000000845. The normalized spacial score (nSPS) is 14.9. The Morgan fingerprint density at radius 1 is 1.15 bits per heavy atom. The third kappa shape index (κ3) is 2.22. The predicted molar refractivity (Wildman–Crippen MR) is 54.1 cm³/mol. The highest BCUT2D eigenvalue weighted by atomic mass is 35.5. The lowest BCUT2D eigenvalue weighted by molar-refractivity contribution is -0.120. The van der Waals surface area contributed by atoms with Gasteiger partial charge in [0.25, 0.3) is 0 Å². The molecule has 1 aromatic carbocycles. The van der Waals surface area contributed by atoms with E-state index >= 15 is 0 Å². The Labute approximate surface area is 83.7 Å². The highest BCUT2D eigenvalue weighted by Gasteiger charge is 2.10. The summed E-state index contributed by atoms with van der Waals surface area (Å²) >= 11 is 0. The molecular weight excluding hydrogens is 186 g/mol. The second-order valence-corrected chi connectivity index (χ2v) is 3.05. The first-order chi connectivity index (χ1) is 5.86. The standard InChI is InChI=1S/C10H11NO.ClH/c12-10-7-9-4-2-1-3-8(9)5-6-11-10;/h1-4H,5-7H2,(H,11,12);1H. The molecule has 0 radical (unpaired) electrons. The van der Waals surface area contributed by atoms with E-state index < -0.39 is 0 Å². The molecule has 0 saturated carbocycles. The molecule has 0 aromatic heterocycles. The zero-order valence-electron chi connectivity index (χ0n) is 7.25. The second-order valence-electron chi connectivity index (χ2n) is 3.05. The van der Waals surface area contributed by atoms with Crippen LogP contribution in [-0.4, -0.2) is 12.5 Å². The number of halogens is 1. The van der Waals surface area contributed by atoms with E-state index in [0.29, 0.717) is 6.42 Å². The highest BCUT2D eigenvalue weighted by molar-refractivity contribution is 5.85. The summed E-state index contributed by atoms with van der Waals surface area (Å²) in [7, 11) is 0. The number of nitrogens with one attached hydrogen (secondary N) is 1. The Bertz CT molecular complexity index is 312.